The highest BCUT2D eigenvalue weighted by Gasteiger charge is 2.39. The van der Waals surface area contributed by atoms with Gasteiger partial charge in [-0.05, 0) is 13.3 Å². The van der Waals surface area contributed by atoms with Crippen LogP contribution in [0, 0.1) is 0 Å². The molecule has 1 heterocycles. The third-order valence-corrected chi connectivity index (χ3v) is 2.68. The minimum Gasteiger partial charge on any atom is -0.389 e. The Labute approximate surface area is 85.5 Å². The largest absolute Gasteiger partial charge is 0.389 e. The van der Waals surface area contributed by atoms with Gasteiger partial charge in [0.15, 0.2) is 0 Å². The van der Waals surface area contributed by atoms with Crippen molar-refractivity contribution in [1.82, 2.24) is 4.90 Å². The fourth-order valence-corrected chi connectivity index (χ4v) is 1.74. The average molecular weight is 203 g/mol. The van der Waals surface area contributed by atoms with Crippen LogP contribution in [0.1, 0.15) is 20.3 Å². The highest BCUT2D eigenvalue weighted by molar-refractivity contribution is 4.94. The van der Waals surface area contributed by atoms with E-state index in [2.05, 4.69) is 0 Å². The molecule has 2 N–H and O–H groups in total. The lowest BCUT2D eigenvalue weighted by Gasteiger charge is -2.46. The molecule has 0 aromatic carbocycles. The summed E-state index contributed by atoms with van der Waals surface area (Å²) in [5, 5.41) is 19.2. The smallest absolute Gasteiger partial charge is 0.0900 e. The Morgan fingerprint density at radius 1 is 1.43 bits per heavy atom. The summed E-state index contributed by atoms with van der Waals surface area (Å²) < 4.78 is 5.10. The molecular weight excluding hydrogens is 182 g/mol. The van der Waals surface area contributed by atoms with E-state index in [9.17, 15) is 10.2 Å². The SMILES string of the molecule is CCOCC(O)CN1CC(O)(CC)C1. The summed E-state index contributed by atoms with van der Waals surface area (Å²) in [6, 6.07) is 0. The average Bonchev–Trinajstić information content (AvgIpc) is 2.12. The molecule has 1 aliphatic rings. The Balaban J connectivity index is 2.10. The summed E-state index contributed by atoms with van der Waals surface area (Å²) in [7, 11) is 0. The predicted molar refractivity (Wildman–Crippen MR) is 54.2 cm³/mol. The summed E-state index contributed by atoms with van der Waals surface area (Å²) in [6.07, 6.45) is 0.349. The lowest BCUT2D eigenvalue weighted by Crippen LogP contribution is -2.62. The van der Waals surface area contributed by atoms with E-state index in [1.54, 1.807) is 0 Å². The standard InChI is InChI=1S/C10H21NO3/c1-3-10(13)7-11(8-10)5-9(12)6-14-4-2/h9,12-13H,3-8H2,1-2H3. The Morgan fingerprint density at radius 2 is 2.07 bits per heavy atom. The Kier molecular flexibility index (Phi) is 4.31. The van der Waals surface area contributed by atoms with Gasteiger partial charge in [-0.15, -0.1) is 0 Å². The van der Waals surface area contributed by atoms with Crippen LogP contribution in [0.3, 0.4) is 0 Å². The van der Waals surface area contributed by atoms with Gasteiger partial charge in [0.2, 0.25) is 0 Å². The molecule has 0 aliphatic carbocycles. The second kappa shape index (κ2) is 5.07. The second-order valence-electron chi connectivity index (χ2n) is 4.06. The van der Waals surface area contributed by atoms with Gasteiger partial charge in [0, 0.05) is 26.2 Å². The number of aliphatic hydroxyl groups is 2. The molecule has 0 spiro atoms. The molecule has 0 aromatic rings. The number of β-amino-alcohol motifs (C(OH)–C–C–N with tert-alkyl or cyclic N) is 2. The second-order valence-corrected chi connectivity index (χ2v) is 4.06. The lowest BCUT2D eigenvalue weighted by molar-refractivity contribution is -0.115. The van der Waals surface area contributed by atoms with E-state index in [0.717, 1.165) is 6.42 Å². The van der Waals surface area contributed by atoms with Crippen LogP contribution in [-0.2, 0) is 4.74 Å². The lowest BCUT2D eigenvalue weighted by atomic mass is 9.91. The zero-order valence-corrected chi connectivity index (χ0v) is 9.07. The van der Waals surface area contributed by atoms with Gasteiger partial charge in [-0.1, -0.05) is 6.92 Å². The van der Waals surface area contributed by atoms with E-state index < -0.39 is 11.7 Å². The van der Waals surface area contributed by atoms with Crippen LogP contribution in [0.15, 0.2) is 0 Å². The highest BCUT2D eigenvalue weighted by Crippen LogP contribution is 2.23. The molecule has 1 rings (SSSR count). The Morgan fingerprint density at radius 3 is 2.57 bits per heavy atom. The van der Waals surface area contributed by atoms with Crippen LogP contribution in [-0.4, -0.2) is 59.7 Å². The maximum Gasteiger partial charge on any atom is 0.0900 e. The first-order valence-corrected chi connectivity index (χ1v) is 5.30. The molecule has 14 heavy (non-hydrogen) atoms. The summed E-state index contributed by atoms with van der Waals surface area (Å²) >= 11 is 0. The number of hydrogen-bond acceptors (Lipinski definition) is 4. The first kappa shape index (κ1) is 11.9. The van der Waals surface area contributed by atoms with E-state index in [-0.39, 0.29) is 0 Å². The number of likely N-dealkylation sites (tertiary alicyclic amines) is 1. The fourth-order valence-electron chi connectivity index (χ4n) is 1.74. The minimum absolute atomic E-state index is 0.386. The van der Waals surface area contributed by atoms with Crippen molar-refractivity contribution in [3.63, 3.8) is 0 Å². The van der Waals surface area contributed by atoms with Crippen LogP contribution in [0.5, 0.6) is 0 Å². The molecule has 0 amide bonds. The van der Waals surface area contributed by atoms with E-state index in [1.807, 2.05) is 18.7 Å². The Bertz CT molecular complexity index is 169. The number of aliphatic hydroxyl groups excluding tert-OH is 1. The molecule has 1 aliphatic heterocycles. The molecule has 0 bridgehead atoms. The molecule has 0 saturated carbocycles. The van der Waals surface area contributed by atoms with E-state index in [1.165, 1.54) is 0 Å². The van der Waals surface area contributed by atoms with Crippen LogP contribution in [0.4, 0.5) is 0 Å². The predicted octanol–water partition coefficient (Wildman–Crippen LogP) is -0.160. The molecule has 1 fully saturated rings. The fraction of sp³-hybridized carbons (Fsp3) is 1.00. The van der Waals surface area contributed by atoms with Crippen LogP contribution in [0.25, 0.3) is 0 Å². The number of ether oxygens (including phenoxy) is 1. The van der Waals surface area contributed by atoms with Gasteiger partial charge in [0.05, 0.1) is 18.3 Å². The van der Waals surface area contributed by atoms with Crippen molar-refractivity contribution >= 4 is 0 Å². The summed E-state index contributed by atoms with van der Waals surface area (Å²) in [5.41, 5.74) is -0.509. The van der Waals surface area contributed by atoms with Gasteiger partial charge in [0.25, 0.3) is 0 Å². The van der Waals surface area contributed by atoms with Gasteiger partial charge < -0.3 is 14.9 Å². The Hall–Kier alpha value is -0.160. The molecule has 4 nitrogen and oxygen atoms in total. The zero-order valence-electron chi connectivity index (χ0n) is 9.07. The number of rotatable bonds is 6. The summed E-state index contributed by atoms with van der Waals surface area (Å²) in [6.45, 7) is 6.86. The maximum atomic E-state index is 9.72. The van der Waals surface area contributed by atoms with E-state index >= 15 is 0 Å². The zero-order chi connectivity index (χ0) is 10.6. The van der Waals surface area contributed by atoms with Crippen molar-refractivity contribution in [1.29, 1.82) is 0 Å². The molecule has 0 aromatic heterocycles. The monoisotopic (exact) mass is 203 g/mol. The van der Waals surface area contributed by atoms with Crippen molar-refractivity contribution in [2.75, 3.05) is 32.8 Å². The summed E-state index contributed by atoms with van der Waals surface area (Å²) in [4.78, 5) is 2.05. The number of nitrogens with zero attached hydrogens (tertiary/aromatic N) is 1. The van der Waals surface area contributed by atoms with Gasteiger partial charge >= 0.3 is 0 Å². The third kappa shape index (κ3) is 3.20. The van der Waals surface area contributed by atoms with Gasteiger partial charge in [-0.25, -0.2) is 0 Å². The van der Waals surface area contributed by atoms with Gasteiger partial charge in [-0.3, -0.25) is 4.90 Å². The van der Waals surface area contributed by atoms with Gasteiger partial charge in [0.1, 0.15) is 0 Å². The highest BCUT2D eigenvalue weighted by atomic mass is 16.5. The van der Waals surface area contributed by atoms with E-state index in [0.29, 0.717) is 32.8 Å². The maximum absolute atomic E-state index is 9.72. The van der Waals surface area contributed by atoms with Crippen molar-refractivity contribution in [2.24, 2.45) is 0 Å². The van der Waals surface area contributed by atoms with Crippen LogP contribution in [0.2, 0.25) is 0 Å². The van der Waals surface area contributed by atoms with Crippen molar-refractivity contribution in [3.8, 4) is 0 Å². The minimum atomic E-state index is -0.509. The molecule has 1 atom stereocenters. The molecule has 0 radical (unpaired) electrons. The third-order valence-electron chi connectivity index (χ3n) is 2.68. The van der Waals surface area contributed by atoms with Crippen molar-refractivity contribution in [2.45, 2.75) is 32.0 Å². The molecule has 84 valence electrons. The summed E-state index contributed by atoms with van der Waals surface area (Å²) in [5.74, 6) is 0. The van der Waals surface area contributed by atoms with Crippen molar-refractivity contribution < 1.29 is 14.9 Å². The van der Waals surface area contributed by atoms with Crippen LogP contribution >= 0.6 is 0 Å². The van der Waals surface area contributed by atoms with Gasteiger partial charge in [-0.2, -0.15) is 0 Å². The quantitative estimate of drug-likeness (QED) is 0.630. The number of hydrogen-bond donors (Lipinski definition) is 2. The molecular formula is C10H21NO3. The van der Waals surface area contributed by atoms with E-state index in [4.69, 9.17) is 4.74 Å². The molecule has 4 heteroatoms. The van der Waals surface area contributed by atoms with Crippen molar-refractivity contribution in [3.05, 3.63) is 0 Å². The topological polar surface area (TPSA) is 52.9 Å². The van der Waals surface area contributed by atoms with Crippen LogP contribution < -0.4 is 0 Å². The normalized spacial score (nSPS) is 23.1. The first-order chi connectivity index (χ1) is 6.59. The molecule has 1 saturated heterocycles. The first-order valence-electron chi connectivity index (χ1n) is 5.30. The molecule has 1 unspecified atom stereocenters.